The number of piperidine rings is 1. The van der Waals surface area contributed by atoms with Crippen LogP contribution in [-0.2, 0) is 6.54 Å². The average molecular weight is 370 g/mol. The molecule has 2 heterocycles. The van der Waals surface area contributed by atoms with Crippen molar-refractivity contribution in [2.45, 2.75) is 57.0 Å². The van der Waals surface area contributed by atoms with Crippen LogP contribution in [0.5, 0.6) is 0 Å². The number of aromatic nitrogens is 2. The highest BCUT2D eigenvalue weighted by Crippen LogP contribution is 2.27. The third-order valence-electron chi connectivity index (χ3n) is 5.79. The molecule has 1 aromatic carbocycles. The predicted octanol–water partition coefficient (Wildman–Crippen LogP) is 3.60. The molecule has 1 atom stereocenters. The average Bonchev–Trinajstić information content (AvgIpc) is 3.36. The van der Waals surface area contributed by atoms with Crippen LogP contribution in [0.25, 0.3) is 0 Å². The van der Waals surface area contributed by atoms with E-state index in [-0.39, 0.29) is 11.7 Å². The van der Waals surface area contributed by atoms with Crippen LogP contribution in [0.4, 0.5) is 4.39 Å². The van der Waals surface area contributed by atoms with E-state index in [2.05, 4.69) is 20.4 Å². The molecule has 27 heavy (non-hydrogen) atoms. The first-order chi connectivity index (χ1) is 13.2. The zero-order valence-electron chi connectivity index (χ0n) is 15.6. The summed E-state index contributed by atoms with van der Waals surface area (Å²) in [6.07, 6.45) is 6.74. The van der Waals surface area contributed by atoms with Crippen molar-refractivity contribution in [3.05, 3.63) is 53.1 Å². The van der Waals surface area contributed by atoms with Gasteiger partial charge in [-0.15, -0.1) is 0 Å². The number of amides is 1. The third-order valence-corrected chi connectivity index (χ3v) is 5.79. The van der Waals surface area contributed by atoms with E-state index >= 15 is 0 Å². The van der Waals surface area contributed by atoms with Gasteiger partial charge in [0.25, 0.3) is 5.91 Å². The number of benzene rings is 1. The summed E-state index contributed by atoms with van der Waals surface area (Å²) in [7, 11) is 0. The number of carbonyl (C=O) groups is 1. The number of halogens is 1. The molecule has 2 aliphatic rings. The Balaban J connectivity index is 1.36. The summed E-state index contributed by atoms with van der Waals surface area (Å²) in [5, 5.41) is 10.4. The molecule has 4 rings (SSSR count). The molecule has 1 saturated heterocycles. The standard InChI is InChI=1S/C21H27FN4O/c22-17-9-7-15(8-10-17)13-26-11-3-4-16(14-26)19-12-20(25-24-19)21(27)23-18-5-1-2-6-18/h7-10,12,16,18H,1-6,11,13-14H2,(H,23,27)(H,24,25). The maximum Gasteiger partial charge on any atom is 0.271 e. The van der Waals surface area contributed by atoms with E-state index in [1.165, 1.54) is 25.0 Å². The molecule has 1 aliphatic carbocycles. The van der Waals surface area contributed by atoms with Gasteiger partial charge in [-0.3, -0.25) is 14.8 Å². The second kappa shape index (κ2) is 8.21. The quantitative estimate of drug-likeness (QED) is 0.845. The summed E-state index contributed by atoms with van der Waals surface area (Å²) in [6, 6.07) is 8.94. The second-order valence-corrected chi connectivity index (χ2v) is 7.86. The van der Waals surface area contributed by atoms with Crippen molar-refractivity contribution in [3.63, 3.8) is 0 Å². The van der Waals surface area contributed by atoms with Gasteiger partial charge in [0.15, 0.2) is 0 Å². The SMILES string of the molecule is O=C(NC1CCCC1)c1cc(C2CCCN(Cc3ccc(F)cc3)C2)[nH]n1. The number of nitrogens with zero attached hydrogens (tertiary/aromatic N) is 2. The first-order valence-electron chi connectivity index (χ1n) is 10.0. The van der Waals surface area contributed by atoms with Crippen LogP contribution in [0.1, 0.15) is 66.2 Å². The Kier molecular flexibility index (Phi) is 5.53. The summed E-state index contributed by atoms with van der Waals surface area (Å²) in [5.41, 5.74) is 2.65. The molecule has 144 valence electrons. The first kappa shape index (κ1) is 18.2. The Hall–Kier alpha value is -2.21. The van der Waals surface area contributed by atoms with Crippen LogP contribution in [0.2, 0.25) is 0 Å². The molecular weight excluding hydrogens is 343 g/mol. The molecule has 1 amide bonds. The van der Waals surface area contributed by atoms with Gasteiger partial charge in [0.05, 0.1) is 0 Å². The van der Waals surface area contributed by atoms with Crippen LogP contribution < -0.4 is 5.32 Å². The van der Waals surface area contributed by atoms with Gasteiger partial charge < -0.3 is 5.32 Å². The molecule has 1 saturated carbocycles. The maximum absolute atomic E-state index is 13.1. The lowest BCUT2D eigenvalue weighted by Crippen LogP contribution is -2.34. The van der Waals surface area contributed by atoms with Gasteiger partial charge in [-0.1, -0.05) is 25.0 Å². The second-order valence-electron chi connectivity index (χ2n) is 7.86. The van der Waals surface area contributed by atoms with E-state index < -0.39 is 0 Å². The fourth-order valence-electron chi connectivity index (χ4n) is 4.29. The van der Waals surface area contributed by atoms with E-state index in [0.29, 0.717) is 17.7 Å². The number of aromatic amines is 1. The Morgan fingerprint density at radius 1 is 1.19 bits per heavy atom. The normalized spacial score (nSPS) is 21.4. The van der Waals surface area contributed by atoms with Gasteiger partial charge in [0, 0.05) is 30.7 Å². The van der Waals surface area contributed by atoms with Crippen LogP contribution >= 0.6 is 0 Å². The van der Waals surface area contributed by atoms with Gasteiger partial charge >= 0.3 is 0 Å². The molecule has 5 nitrogen and oxygen atoms in total. The highest BCUT2D eigenvalue weighted by molar-refractivity contribution is 5.92. The van der Waals surface area contributed by atoms with Gasteiger partial charge in [-0.25, -0.2) is 4.39 Å². The van der Waals surface area contributed by atoms with Crippen molar-refractivity contribution in [2.75, 3.05) is 13.1 Å². The molecule has 1 aliphatic heterocycles. The Morgan fingerprint density at radius 3 is 2.74 bits per heavy atom. The summed E-state index contributed by atoms with van der Waals surface area (Å²) in [6.45, 7) is 2.78. The van der Waals surface area contributed by atoms with Crippen LogP contribution in [0.15, 0.2) is 30.3 Å². The summed E-state index contributed by atoms with van der Waals surface area (Å²) >= 11 is 0. The maximum atomic E-state index is 13.1. The molecular formula is C21H27FN4O. The first-order valence-corrected chi connectivity index (χ1v) is 10.0. The molecule has 2 aromatic rings. The van der Waals surface area contributed by atoms with Crippen LogP contribution in [0, 0.1) is 5.82 Å². The topological polar surface area (TPSA) is 61.0 Å². The van der Waals surface area contributed by atoms with Gasteiger partial charge in [-0.05, 0) is 56.0 Å². The highest BCUT2D eigenvalue weighted by Gasteiger charge is 2.25. The lowest BCUT2D eigenvalue weighted by molar-refractivity contribution is 0.0933. The van der Waals surface area contributed by atoms with E-state index in [9.17, 15) is 9.18 Å². The smallest absolute Gasteiger partial charge is 0.271 e. The molecule has 0 radical (unpaired) electrons. The lowest BCUT2D eigenvalue weighted by Gasteiger charge is -2.32. The number of likely N-dealkylation sites (tertiary alicyclic amines) is 1. The minimum atomic E-state index is -0.198. The molecule has 1 aromatic heterocycles. The van der Waals surface area contributed by atoms with E-state index in [1.807, 2.05) is 18.2 Å². The van der Waals surface area contributed by atoms with Gasteiger partial charge in [-0.2, -0.15) is 5.10 Å². The molecule has 6 heteroatoms. The summed E-state index contributed by atoms with van der Waals surface area (Å²) in [5.74, 6) is 0.0826. The number of nitrogens with one attached hydrogen (secondary N) is 2. The zero-order valence-corrected chi connectivity index (χ0v) is 15.6. The largest absolute Gasteiger partial charge is 0.348 e. The fourth-order valence-corrected chi connectivity index (χ4v) is 4.29. The zero-order chi connectivity index (χ0) is 18.6. The summed E-state index contributed by atoms with van der Waals surface area (Å²) in [4.78, 5) is 14.8. The van der Waals surface area contributed by atoms with E-state index in [4.69, 9.17) is 0 Å². The molecule has 1 unspecified atom stereocenters. The Morgan fingerprint density at radius 2 is 1.96 bits per heavy atom. The monoisotopic (exact) mass is 370 g/mol. The van der Waals surface area contributed by atoms with Crippen molar-refractivity contribution in [2.24, 2.45) is 0 Å². The molecule has 2 fully saturated rings. The Labute approximate surface area is 159 Å². The van der Waals surface area contributed by atoms with Gasteiger partial charge in [0.1, 0.15) is 11.5 Å². The number of rotatable bonds is 5. The minimum Gasteiger partial charge on any atom is -0.348 e. The van der Waals surface area contributed by atoms with E-state index in [1.54, 1.807) is 0 Å². The number of hydrogen-bond donors (Lipinski definition) is 2. The summed E-state index contributed by atoms with van der Waals surface area (Å²) < 4.78 is 13.1. The Bertz CT molecular complexity index is 767. The van der Waals surface area contributed by atoms with Crippen molar-refractivity contribution in [1.29, 1.82) is 0 Å². The molecule has 2 N–H and O–H groups in total. The van der Waals surface area contributed by atoms with Crippen molar-refractivity contribution in [1.82, 2.24) is 20.4 Å². The van der Waals surface area contributed by atoms with Gasteiger partial charge in [0.2, 0.25) is 0 Å². The van der Waals surface area contributed by atoms with Crippen molar-refractivity contribution < 1.29 is 9.18 Å². The van der Waals surface area contributed by atoms with Crippen molar-refractivity contribution in [3.8, 4) is 0 Å². The van der Waals surface area contributed by atoms with E-state index in [0.717, 1.165) is 56.6 Å². The fraction of sp³-hybridized carbons (Fsp3) is 0.524. The predicted molar refractivity (Wildman–Crippen MR) is 102 cm³/mol. The number of carbonyl (C=O) groups excluding carboxylic acids is 1. The lowest BCUT2D eigenvalue weighted by atomic mass is 9.94. The van der Waals surface area contributed by atoms with Crippen molar-refractivity contribution >= 4 is 5.91 Å². The minimum absolute atomic E-state index is 0.0663. The highest BCUT2D eigenvalue weighted by atomic mass is 19.1. The number of hydrogen-bond acceptors (Lipinski definition) is 3. The van der Waals surface area contributed by atoms with Crippen LogP contribution in [-0.4, -0.2) is 40.1 Å². The number of H-pyrrole nitrogens is 1. The molecule has 0 bridgehead atoms. The third kappa shape index (κ3) is 4.56. The van der Waals surface area contributed by atoms with Crippen LogP contribution in [0.3, 0.4) is 0 Å². The molecule has 0 spiro atoms.